The number of hydrogen-bond donors (Lipinski definition) is 0. The van der Waals surface area contributed by atoms with E-state index in [2.05, 4.69) is 71.1 Å². The van der Waals surface area contributed by atoms with Crippen LogP contribution in [0, 0.1) is 0 Å². The van der Waals surface area contributed by atoms with Crippen LogP contribution >= 0.6 is 11.3 Å². The number of aromatic nitrogens is 2. The smallest absolute Gasteiger partial charge is 0.195 e. The van der Waals surface area contributed by atoms with E-state index in [-0.39, 0.29) is 0 Å². The highest BCUT2D eigenvalue weighted by atomic mass is 32.1. The Hall–Kier alpha value is -3.37. The van der Waals surface area contributed by atoms with E-state index in [1.54, 1.807) is 18.4 Å². The molecule has 6 rings (SSSR count). The minimum atomic E-state index is 0.865. The third-order valence-corrected chi connectivity index (χ3v) is 6.37. The summed E-state index contributed by atoms with van der Waals surface area (Å²) in [6.45, 7) is 0. The average Bonchev–Trinajstić information content (AvgIpc) is 3.29. The van der Waals surface area contributed by atoms with Gasteiger partial charge < -0.3 is 4.74 Å². The van der Waals surface area contributed by atoms with Crippen molar-refractivity contribution in [2.24, 2.45) is 0 Å². The van der Waals surface area contributed by atoms with Gasteiger partial charge in [-0.15, -0.1) is 0 Å². The molecule has 0 aliphatic heterocycles. The molecule has 0 radical (unpaired) electrons. The Labute approximate surface area is 165 Å². The van der Waals surface area contributed by atoms with Crippen molar-refractivity contribution < 1.29 is 4.74 Å². The Bertz CT molecular complexity index is 1490. The first-order valence-electron chi connectivity index (χ1n) is 9.19. The molecule has 3 nitrogen and oxygen atoms in total. The lowest BCUT2D eigenvalue weighted by Gasteiger charge is -2.09. The molecule has 6 aromatic rings. The second kappa shape index (κ2) is 5.81. The molecule has 0 spiro atoms. The number of fused-ring (bicyclic) bond motifs is 7. The van der Waals surface area contributed by atoms with Crippen molar-refractivity contribution in [2.45, 2.75) is 0 Å². The van der Waals surface area contributed by atoms with Crippen LogP contribution in [0.15, 0.2) is 78.9 Å². The van der Waals surface area contributed by atoms with E-state index >= 15 is 0 Å². The van der Waals surface area contributed by atoms with Gasteiger partial charge in [0.2, 0.25) is 0 Å². The van der Waals surface area contributed by atoms with Crippen LogP contribution in [0.3, 0.4) is 0 Å². The molecular formula is C24H16N2OS. The van der Waals surface area contributed by atoms with Crippen LogP contribution in [0.1, 0.15) is 0 Å². The van der Waals surface area contributed by atoms with Crippen molar-refractivity contribution >= 4 is 48.3 Å². The van der Waals surface area contributed by atoms with Crippen LogP contribution in [0.5, 0.6) is 5.75 Å². The predicted molar refractivity (Wildman–Crippen MR) is 118 cm³/mol. The molecule has 0 bridgehead atoms. The second-order valence-corrected chi connectivity index (χ2v) is 7.87. The average molecular weight is 380 g/mol. The molecule has 0 saturated heterocycles. The van der Waals surface area contributed by atoms with E-state index in [9.17, 15) is 0 Å². The minimum absolute atomic E-state index is 0.865. The molecule has 0 unspecified atom stereocenters. The first-order valence-corrected chi connectivity index (χ1v) is 10.0. The van der Waals surface area contributed by atoms with Gasteiger partial charge in [-0.05, 0) is 46.8 Å². The van der Waals surface area contributed by atoms with Gasteiger partial charge in [0.15, 0.2) is 4.96 Å². The molecule has 0 atom stereocenters. The topological polar surface area (TPSA) is 26.5 Å². The standard InChI is InChI=1S/C24H16N2OS/c1-27-16-12-10-15(11-13-16)19-14-21-23(18-7-3-2-6-17(18)19)25-24-26(21)20-8-4-5-9-22(20)28-24/h2-14H,1H3. The maximum absolute atomic E-state index is 5.33. The molecule has 28 heavy (non-hydrogen) atoms. The van der Waals surface area contributed by atoms with E-state index in [0.29, 0.717) is 0 Å². The molecule has 2 heterocycles. The summed E-state index contributed by atoms with van der Waals surface area (Å²) in [5.74, 6) is 0.865. The summed E-state index contributed by atoms with van der Waals surface area (Å²) < 4.78 is 8.88. The van der Waals surface area contributed by atoms with Crippen molar-refractivity contribution in [3.63, 3.8) is 0 Å². The van der Waals surface area contributed by atoms with Gasteiger partial charge in [0, 0.05) is 5.39 Å². The molecule has 0 aliphatic carbocycles. The van der Waals surface area contributed by atoms with E-state index in [1.165, 1.54) is 32.1 Å². The van der Waals surface area contributed by atoms with Gasteiger partial charge in [-0.2, -0.15) is 0 Å². The number of methoxy groups -OCH3 is 1. The minimum Gasteiger partial charge on any atom is -0.497 e. The highest BCUT2D eigenvalue weighted by Gasteiger charge is 2.16. The first-order chi connectivity index (χ1) is 13.8. The number of nitrogens with zero attached hydrogens (tertiary/aromatic N) is 2. The molecule has 0 saturated carbocycles. The highest BCUT2D eigenvalue weighted by molar-refractivity contribution is 7.23. The summed E-state index contributed by atoms with van der Waals surface area (Å²) >= 11 is 1.74. The number of rotatable bonds is 2. The van der Waals surface area contributed by atoms with Gasteiger partial charge in [-0.25, -0.2) is 4.98 Å². The van der Waals surface area contributed by atoms with Gasteiger partial charge in [0.25, 0.3) is 0 Å². The molecule has 0 fully saturated rings. The number of hydrogen-bond acceptors (Lipinski definition) is 3. The van der Waals surface area contributed by atoms with Crippen molar-refractivity contribution in [2.75, 3.05) is 7.11 Å². The first kappa shape index (κ1) is 15.7. The van der Waals surface area contributed by atoms with E-state index in [1.807, 2.05) is 12.1 Å². The predicted octanol–water partition coefficient (Wildman–Crippen LogP) is 6.53. The lowest BCUT2D eigenvalue weighted by Crippen LogP contribution is -1.87. The van der Waals surface area contributed by atoms with Crippen molar-refractivity contribution in [3.8, 4) is 16.9 Å². The van der Waals surface area contributed by atoms with Gasteiger partial charge in [-0.1, -0.05) is 59.9 Å². The van der Waals surface area contributed by atoms with E-state index < -0.39 is 0 Å². The zero-order chi connectivity index (χ0) is 18.7. The Morgan fingerprint density at radius 2 is 1.57 bits per heavy atom. The van der Waals surface area contributed by atoms with Gasteiger partial charge >= 0.3 is 0 Å². The number of para-hydroxylation sites is 1. The summed E-state index contributed by atoms with van der Waals surface area (Å²) in [5.41, 5.74) is 5.80. The van der Waals surface area contributed by atoms with Gasteiger partial charge in [0.1, 0.15) is 5.75 Å². The fourth-order valence-electron chi connectivity index (χ4n) is 4.02. The van der Waals surface area contributed by atoms with Crippen LogP contribution < -0.4 is 4.74 Å². The fourth-order valence-corrected chi connectivity index (χ4v) is 5.05. The van der Waals surface area contributed by atoms with Crippen LogP contribution in [-0.4, -0.2) is 16.5 Å². The third kappa shape index (κ3) is 2.12. The third-order valence-electron chi connectivity index (χ3n) is 5.34. The molecule has 0 amide bonds. The zero-order valence-corrected chi connectivity index (χ0v) is 16.0. The second-order valence-electron chi connectivity index (χ2n) is 6.87. The van der Waals surface area contributed by atoms with Crippen molar-refractivity contribution in [3.05, 3.63) is 78.9 Å². The molecule has 4 heteroatoms. The Balaban J connectivity index is 1.77. The summed E-state index contributed by atoms with van der Waals surface area (Å²) in [6, 6.07) is 27.6. The lowest BCUT2D eigenvalue weighted by atomic mass is 9.97. The molecular weight excluding hydrogens is 364 g/mol. The number of ether oxygens (including phenoxy) is 1. The molecule has 2 aromatic heterocycles. The quantitative estimate of drug-likeness (QED) is 0.341. The SMILES string of the molecule is COc1ccc(-c2cc3c(nc4sc5ccccc5n43)c3ccccc23)cc1. The molecule has 0 aliphatic rings. The lowest BCUT2D eigenvalue weighted by molar-refractivity contribution is 0.415. The maximum Gasteiger partial charge on any atom is 0.195 e. The largest absolute Gasteiger partial charge is 0.497 e. The Morgan fingerprint density at radius 1 is 0.821 bits per heavy atom. The summed E-state index contributed by atoms with van der Waals surface area (Å²) in [5, 5.41) is 2.40. The monoisotopic (exact) mass is 380 g/mol. The summed E-state index contributed by atoms with van der Waals surface area (Å²) in [6.07, 6.45) is 0. The van der Waals surface area contributed by atoms with E-state index in [0.717, 1.165) is 21.7 Å². The molecule has 4 aromatic carbocycles. The number of thiazole rings is 1. The summed E-state index contributed by atoms with van der Waals surface area (Å²) in [4.78, 5) is 6.04. The van der Waals surface area contributed by atoms with Crippen molar-refractivity contribution in [1.29, 1.82) is 0 Å². The molecule has 0 N–H and O–H groups in total. The number of imidazole rings is 1. The van der Waals surface area contributed by atoms with Gasteiger partial charge in [0.05, 0.1) is 28.4 Å². The van der Waals surface area contributed by atoms with Crippen LogP contribution in [0.2, 0.25) is 0 Å². The Kier molecular flexibility index (Phi) is 3.25. The zero-order valence-electron chi connectivity index (χ0n) is 15.2. The van der Waals surface area contributed by atoms with E-state index in [4.69, 9.17) is 9.72 Å². The molecule has 134 valence electrons. The normalized spacial score (nSPS) is 11.8. The summed E-state index contributed by atoms with van der Waals surface area (Å²) in [7, 11) is 1.70. The van der Waals surface area contributed by atoms with Crippen LogP contribution in [0.4, 0.5) is 0 Å². The maximum atomic E-state index is 5.33. The van der Waals surface area contributed by atoms with Crippen molar-refractivity contribution in [1.82, 2.24) is 9.38 Å². The fraction of sp³-hybridized carbons (Fsp3) is 0.0417. The number of benzene rings is 4. The Morgan fingerprint density at radius 3 is 2.39 bits per heavy atom. The highest BCUT2D eigenvalue weighted by Crippen LogP contribution is 2.38. The van der Waals surface area contributed by atoms with Gasteiger partial charge in [-0.3, -0.25) is 4.40 Å². The van der Waals surface area contributed by atoms with Crippen LogP contribution in [-0.2, 0) is 0 Å². The van der Waals surface area contributed by atoms with Crippen LogP contribution in [0.25, 0.3) is 48.1 Å².